The molecule has 8 nitrogen and oxygen atoms in total. The Morgan fingerprint density at radius 2 is 2.00 bits per heavy atom. The van der Waals surface area contributed by atoms with Crippen LogP contribution in [0.1, 0.15) is 28.8 Å². The van der Waals surface area contributed by atoms with Crippen molar-refractivity contribution in [3.05, 3.63) is 29.3 Å². The van der Waals surface area contributed by atoms with E-state index in [1.54, 1.807) is 20.0 Å². The SMILES string of the molecule is COCCNS(=O)(=O)c1ccc(C)c(C(=O)N(C)CCCC(=O)O)c1. The predicted octanol–water partition coefficient (Wildman–Crippen LogP) is 0.857. The van der Waals surface area contributed by atoms with Gasteiger partial charge in [0.2, 0.25) is 10.0 Å². The van der Waals surface area contributed by atoms with Crippen LogP contribution in [-0.2, 0) is 19.6 Å². The summed E-state index contributed by atoms with van der Waals surface area (Å²) in [6.45, 7) is 2.36. The van der Waals surface area contributed by atoms with Crippen LogP contribution in [0.4, 0.5) is 0 Å². The zero-order valence-electron chi connectivity index (χ0n) is 14.6. The van der Waals surface area contributed by atoms with Crippen molar-refractivity contribution >= 4 is 21.9 Å². The summed E-state index contributed by atoms with van der Waals surface area (Å²) in [5, 5.41) is 8.65. The average molecular weight is 372 g/mol. The molecule has 0 heterocycles. The highest BCUT2D eigenvalue weighted by atomic mass is 32.2. The van der Waals surface area contributed by atoms with E-state index in [1.807, 2.05) is 0 Å². The minimum atomic E-state index is -3.74. The van der Waals surface area contributed by atoms with E-state index >= 15 is 0 Å². The van der Waals surface area contributed by atoms with Crippen molar-refractivity contribution in [2.45, 2.75) is 24.7 Å². The lowest BCUT2D eigenvalue weighted by Gasteiger charge is -2.18. The number of carbonyl (C=O) groups is 2. The van der Waals surface area contributed by atoms with E-state index in [1.165, 1.54) is 24.1 Å². The molecule has 0 aliphatic carbocycles. The summed E-state index contributed by atoms with van der Waals surface area (Å²) in [6, 6.07) is 4.34. The third-order valence-corrected chi connectivity index (χ3v) is 5.04. The van der Waals surface area contributed by atoms with Crippen molar-refractivity contribution in [3.8, 4) is 0 Å². The molecule has 1 aromatic carbocycles. The van der Waals surface area contributed by atoms with Gasteiger partial charge in [0, 0.05) is 39.2 Å². The number of ether oxygens (including phenoxy) is 1. The van der Waals surface area contributed by atoms with E-state index in [-0.39, 0.29) is 42.5 Å². The van der Waals surface area contributed by atoms with Crippen LogP contribution < -0.4 is 4.72 Å². The van der Waals surface area contributed by atoms with E-state index in [0.29, 0.717) is 12.0 Å². The number of rotatable bonds is 10. The molecule has 25 heavy (non-hydrogen) atoms. The third-order valence-electron chi connectivity index (χ3n) is 3.58. The van der Waals surface area contributed by atoms with Crippen LogP contribution in [0.15, 0.2) is 23.1 Å². The average Bonchev–Trinajstić information content (AvgIpc) is 2.54. The number of carboxylic acid groups (broad SMARTS) is 1. The molecule has 0 fully saturated rings. The van der Waals surface area contributed by atoms with Crippen molar-refractivity contribution in [1.82, 2.24) is 9.62 Å². The Labute approximate surface area is 147 Å². The van der Waals surface area contributed by atoms with Crippen LogP contribution in [0.5, 0.6) is 0 Å². The highest BCUT2D eigenvalue weighted by molar-refractivity contribution is 7.89. The maximum Gasteiger partial charge on any atom is 0.303 e. The summed E-state index contributed by atoms with van der Waals surface area (Å²) in [5.74, 6) is -1.27. The molecule has 140 valence electrons. The summed E-state index contributed by atoms with van der Waals surface area (Å²) < 4.78 is 31.7. The van der Waals surface area contributed by atoms with Crippen LogP contribution in [-0.4, -0.2) is 64.2 Å². The number of sulfonamides is 1. The van der Waals surface area contributed by atoms with E-state index < -0.39 is 16.0 Å². The standard InChI is InChI=1S/C16H24N2O6S/c1-12-6-7-13(25(22,23)17-8-10-24-3)11-14(12)16(21)18(2)9-4-5-15(19)20/h6-7,11,17H,4-5,8-10H2,1-3H3,(H,19,20). The van der Waals surface area contributed by atoms with Gasteiger partial charge in [-0.25, -0.2) is 13.1 Å². The van der Waals surface area contributed by atoms with Gasteiger partial charge in [0.25, 0.3) is 5.91 Å². The van der Waals surface area contributed by atoms with Crippen molar-refractivity contribution in [3.63, 3.8) is 0 Å². The Morgan fingerprint density at radius 1 is 1.32 bits per heavy atom. The molecule has 1 amide bonds. The number of nitrogens with zero attached hydrogens (tertiary/aromatic N) is 1. The molecule has 1 aromatic rings. The Kier molecular flexibility index (Phi) is 8.01. The van der Waals surface area contributed by atoms with E-state index in [0.717, 1.165) is 0 Å². The molecule has 0 radical (unpaired) electrons. The van der Waals surface area contributed by atoms with E-state index in [2.05, 4.69) is 4.72 Å². The molecule has 0 bridgehead atoms. The minimum absolute atomic E-state index is 0.00325. The second-order valence-electron chi connectivity index (χ2n) is 5.59. The van der Waals surface area contributed by atoms with Gasteiger partial charge in [-0.15, -0.1) is 0 Å². The lowest BCUT2D eigenvalue weighted by Crippen LogP contribution is -2.30. The smallest absolute Gasteiger partial charge is 0.303 e. The van der Waals surface area contributed by atoms with Gasteiger partial charge in [-0.2, -0.15) is 0 Å². The summed E-state index contributed by atoms with van der Waals surface area (Å²) in [5.41, 5.74) is 0.915. The maximum atomic E-state index is 12.5. The van der Waals surface area contributed by atoms with Crippen LogP contribution in [0.2, 0.25) is 0 Å². The highest BCUT2D eigenvalue weighted by Gasteiger charge is 2.19. The van der Waals surface area contributed by atoms with E-state index in [4.69, 9.17) is 9.84 Å². The number of benzene rings is 1. The molecule has 2 N–H and O–H groups in total. The molecule has 0 aliphatic heterocycles. The van der Waals surface area contributed by atoms with Crippen LogP contribution in [0, 0.1) is 6.92 Å². The number of amides is 1. The number of nitrogens with one attached hydrogen (secondary N) is 1. The molecular formula is C16H24N2O6S. The fourth-order valence-electron chi connectivity index (χ4n) is 2.13. The van der Waals surface area contributed by atoms with Gasteiger partial charge in [0.15, 0.2) is 0 Å². The number of carboxylic acids is 1. The Bertz CT molecular complexity index is 717. The predicted molar refractivity (Wildman–Crippen MR) is 92.1 cm³/mol. The maximum absolute atomic E-state index is 12.5. The number of hydrogen-bond acceptors (Lipinski definition) is 5. The van der Waals surface area contributed by atoms with Gasteiger partial charge < -0.3 is 14.7 Å². The van der Waals surface area contributed by atoms with E-state index in [9.17, 15) is 18.0 Å². The van der Waals surface area contributed by atoms with Gasteiger partial charge in [-0.05, 0) is 31.0 Å². The lowest BCUT2D eigenvalue weighted by molar-refractivity contribution is -0.137. The number of hydrogen-bond donors (Lipinski definition) is 2. The molecule has 0 spiro atoms. The molecule has 0 saturated heterocycles. The quantitative estimate of drug-likeness (QED) is 0.589. The molecule has 0 atom stereocenters. The number of methoxy groups -OCH3 is 1. The Morgan fingerprint density at radius 3 is 2.60 bits per heavy atom. The number of aliphatic carboxylic acids is 1. The summed E-state index contributed by atoms with van der Waals surface area (Å²) in [6.07, 6.45) is 0.293. The fourth-order valence-corrected chi connectivity index (χ4v) is 3.17. The molecule has 0 aromatic heterocycles. The first-order valence-corrected chi connectivity index (χ1v) is 9.24. The lowest BCUT2D eigenvalue weighted by atomic mass is 10.1. The van der Waals surface area contributed by atoms with Gasteiger partial charge in [-0.1, -0.05) is 6.07 Å². The van der Waals surface area contributed by atoms with Gasteiger partial charge >= 0.3 is 5.97 Å². The minimum Gasteiger partial charge on any atom is -0.481 e. The fraction of sp³-hybridized carbons (Fsp3) is 0.500. The molecule has 9 heteroatoms. The van der Waals surface area contributed by atoms with Crippen molar-refractivity contribution in [2.24, 2.45) is 0 Å². The van der Waals surface area contributed by atoms with Crippen LogP contribution in [0.25, 0.3) is 0 Å². The number of carbonyl (C=O) groups excluding carboxylic acids is 1. The Hall–Kier alpha value is -1.97. The monoisotopic (exact) mass is 372 g/mol. The second-order valence-corrected chi connectivity index (χ2v) is 7.36. The van der Waals surface area contributed by atoms with Gasteiger partial charge in [0.05, 0.1) is 11.5 Å². The van der Waals surface area contributed by atoms with Crippen LogP contribution >= 0.6 is 0 Å². The topological polar surface area (TPSA) is 113 Å². The number of aryl methyl sites for hydroxylation is 1. The first-order valence-electron chi connectivity index (χ1n) is 7.75. The molecule has 0 unspecified atom stereocenters. The molecule has 0 saturated carbocycles. The third kappa shape index (κ3) is 6.45. The zero-order valence-corrected chi connectivity index (χ0v) is 15.4. The first-order chi connectivity index (χ1) is 11.7. The van der Waals surface area contributed by atoms with Gasteiger partial charge in [0.1, 0.15) is 0 Å². The summed E-state index contributed by atoms with van der Waals surface area (Å²) >= 11 is 0. The first kappa shape index (κ1) is 21.1. The van der Waals surface area contributed by atoms with Crippen molar-refractivity contribution < 1.29 is 27.9 Å². The van der Waals surface area contributed by atoms with Crippen molar-refractivity contribution in [1.29, 1.82) is 0 Å². The van der Waals surface area contributed by atoms with Crippen molar-refractivity contribution in [2.75, 3.05) is 33.9 Å². The Balaban J connectivity index is 2.93. The molecule has 0 aliphatic rings. The molecular weight excluding hydrogens is 348 g/mol. The normalized spacial score (nSPS) is 11.3. The largest absolute Gasteiger partial charge is 0.481 e. The summed E-state index contributed by atoms with van der Waals surface area (Å²) in [4.78, 5) is 24.5. The second kappa shape index (κ2) is 9.50. The van der Waals surface area contributed by atoms with Gasteiger partial charge in [-0.3, -0.25) is 9.59 Å². The molecule has 1 rings (SSSR count). The van der Waals surface area contributed by atoms with Crippen LogP contribution in [0.3, 0.4) is 0 Å². The highest BCUT2D eigenvalue weighted by Crippen LogP contribution is 2.17. The zero-order chi connectivity index (χ0) is 19.0. The summed E-state index contributed by atoms with van der Waals surface area (Å²) in [7, 11) is -0.711.